The van der Waals surface area contributed by atoms with Crippen LogP contribution in [0, 0.1) is 12.8 Å². The maximum atomic E-state index is 12.5. The van der Waals surface area contributed by atoms with E-state index in [2.05, 4.69) is 0 Å². The summed E-state index contributed by atoms with van der Waals surface area (Å²) in [6.07, 6.45) is 0.304. The summed E-state index contributed by atoms with van der Waals surface area (Å²) in [5.74, 6) is -1.03. The summed E-state index contributed by atoms with van der Waals surface area (Å²) in [6, 6.07) is 5.15. The Bertz CT molecular complexity index is 625. The van der Waals surface area contributed by atoms with Gasteiger partial charge in [-0.05, 0) is 44.0 Å². The van der Waals surface area contributed by atoms with E-state index >= 15 is 0 Å². The summed E-state index contributed by atoms with van der Waals surface area (Å²) < 4.78 is 10.1. The minimum absolute atomic E-state index is 0.0621. The lowest BCUT2D eigenvalue weighted by atomic mass is 9.95. The molecule has 0 saturated carbocycles. The molecule has 1 heterocycles. The summed E-state index contributed by atoms with van der Waals surface area (Å²) >= 11 is 0. The Labute approximate surface area is 135 Å². The van der Waals surface area contributed by atoms with E-state index in [-0.39, 0.29) is 24.8 Å². The lowest BCUT2D eigenvalue weighted by molar-refractivity contribution is -0.153. The van der Waals surface area contributed by atoms with Gasteiger partial charge in [-0.15, -0.1) is 0 Å². The van der Waals surface area contributed by atoms with Crippen molar-refractivity contribution < 1.29 is 23.9 Å². The molecule has 2 rings (SSSR count). The van der Waals surface area contributed by atoms with E-state index in [4.69, 9.17) is 9.47 Å². The molecule has 0 aromatic heterocycles. The molecule has 6 heteroatoms. The molecule has 1 amide bonds. The molecule has 0 bridgehead atoms. The van der Waals surface area contributed by atoms with E-state index in [1.54, 1.807) is 32.2 Å². The van der Waals surface area contributed by atoms with E-state index in [1.807, 2.05) is 6.92 Å². The number of hydrogen-bond donors (Lipinski definition) is 0. The molecule has 0 N–H and O–H groups in total. The Morgan fingerprint density at radius 1 is 1.35 bits per heavy atom. The molecule has 1 unspecified atom stereocenters. The van der Waals surface area contributed by atoms with Crippen molar-refractivity contribution in [2.24, 2.45) is 5.92 Å². The molecule has 0 radical (unpaired) electrons. The Morgan fingerprint density at radius 3 is 2.65 bits per heavy atom. The summed E-state index contributed by atoms with van der Waals surface area (Å²) in [6.45, 7) is 4.10. The van der Waals surface area contributed by atoms with Crippen LogP contribution in [0.4, 0.5) is 0 Å². The zero-order valence-electron chi connectivity index (χ0n) is 13.6. The molecule has 1 aliphatic rings. The Balaban J connectivity index is 2.06. The van der Waals surface area contributed by atoms with Crippen LogP contribution in [0.1, 0.15) is 29.3 Å². The molecule has 1 aromatic rings. The van der Waals surface area contributed by atoms with E-state index < -0.39 is 11.9 Å². The van der Waals surface area contributed by atoms with Crippen molar-refractivity contribution in [2.45, 2.75) is 20.3 Å². The maximum absolute atomic E-state index is 12.5. The quantitative estimate of drug-likeness (QED) is 0.622. The highest BCUT2D eigenvalue weighted by molar-refractivity contribution is 6.04. The number of piperidine rings is 1. The highest BCUT2D eigenvalue weighted by atomic mass is 16.5. The van der Waals surface area contributed by atoms with Gasteiger partial charge in [-0.3, -0.25) is 14.4 Å². The van der Waals surface area contributed by atoms with Gasteiger partial charge in [0.05, 0.1) is 20.3 Å². The number of carbonyl (C=O) groups is 3. The van der Waals surface area contributed by atoms with Crippen LogP contribution in [0.2, 0.25) is 0 Å². The number of Topliss-reactive ketones (excluding diaryl/α,β-unsaturated/α-hetero) is 1. The van der Waals surface area contributed by atoms with Gasteiger partial charge in [0.2, 0.25) is 0 Å². The summed E-state index contributed by atoms with van der Waals surface area (Å²) in [4.78, 5) is 37.8. The first-order valence-corrected chi connectivity index (χ1v) is 7.61. The number of esters is 1. The van der Waals surface area contributed by atoms with E-state index in [1.165, 1.54) is 4.90 Å². The first-order chi connectivity index (χ1) is 11.0. The van der Waals surface area contributed by atoms with E-state index in [9.17, 15) is 14.4 Å². The van der Waals surface area contributed by atoms with Crippen LogP contribution in [0.25, 0.3) is 0 Å². The van der Waals surface area contributed by atoms with E-state index in [0.717, 1.165) is 5.56 Å². The molecule has 0 aliphatic carbocycles. The lowest BCUT2D eigenvalue weighted by Crippen LogP contribution is -2.46. The number of ether oxygens (including phenoxy) is 2. The molecule has 124 valence electrons. The van der Waals surface area contributed by atoms with Gasteiger partial charge in [-0.1, -0.05) is 0 Å². The molecule has 1 saturated heterocycles. The van der Waals surface area contributed by atoms with Gasteiger partial charge in [0.25, 0.3) is 5.91 Å². The topological polar surface area (TPSA) is 72.9 Å². The van der Waals surface area contributed by atoms with Crippen molar-refractivity contribution in [2.75, 3.05) is 26.8 Å². The second kappa shape index (κ2) is 7.26. The number of likely N-dealkylation sites (tertiary alicyclic amines) is 1. The molecular weight excluding hydrogens is 298 g/mol. The molecule has 1 aliphatic heterocycles. The number of amides is 1. The summed E-state index contributed by atoms with van der Waals surface area (Å²) in [5, 5.41) is 0. The van der Waals surface area contributed by atoms with E-state index in [0.29, 0.717) is 24.3 Å². The molecule has 1 atom stereocenters. The fourth-order valence-corrected chi connectivity index (χ4v) is 2.68. The zero-order valence-corrected chi connectivity index (χ0v) is 13.6. The van der Waals surface area contributed by atoms with Crippen molar-refractivity contribution in [3.8, 4) is 5.75 Å². The molecule has 23 heavy (non-hydrogen) atoms. The molecule has 1 aromatic carbocycles. The number of ketones is 1. The standard InChI is InChI=1S/C17H21NO5/c1-4-23-17(21)13-7-8-18(10-14(13)19)16(20)12-5-6-15(22-3)11(2)9-12/h5-6,9,13H,4,7-8,10H2,1-3H3. The third-order valence-corrected chi connectivity index (χ3v) is 3.92. The van der Waals surface area contributed by atoms with Crippen LogP contribution < -0.4 is 4.74 Å². The minimum Gasteiger partial charge on any atom is -0.496 e. The fraction of sp³-hybridized carbons (Fsp3) is 0.471. The number of methoxy groups -OCH3 is 1. The first kappa shape index (κ1) is 17.0. The number of rotatable bonds is 4. The lowest BCUT2D eigenvalue weighted by Gasteiger charge is -2.30. The predicted octanol–water partition coefficient (Wildman–Crippen LogP) is 1.60. The zero-order chi connectivity index (χ0) is 17.0. The Kier molecular flexibility index (Phi) is 5.36. The van der Waals surface area contributed by atoms with Crippen molar-refractivity contribution in [1.29, 1.82) is 0 Å². The van der Waals surface area contributed by atoms with Gasteiger partial charge in [0, 0.05) is 12.1 Å². The number of hydrogen-bond acceptors (Lipinski definition) is 5. The van der Waals surface area contributed by atoms with Gasteiger partial charge in [-0.25, -0.2) is 0 Å². The van der Waals surface area contributed by atoms with Crippen molar-refractivity contribution in [3.63, 3.8) is 0 Å². The third kappa shape index (κ3) is 3.70. The third-order valence-electron chi connectivity index (χ3n) is 3.92. The Hall–Kier alpha value is -2.37. The van der Waals surface area contributed by atoms with Gasteiger partial charge in [-0.2, -0.15) is 0 Å². The maximum Gasteiger partial charge on any atom is 0.316 e. The van der Waals surface area contributed by atoms with Crippen LogP contribution in [0.3, 0.4) is 0 Å². The normalized spacial score (nSPS) is 17.8. The summed E-state index contributed by atoms with van der Waals surface area (Å²) in [5.41, 5.74) is 1.36. The van der Waals surface area contributed by atoms with Crippen LogP contribution in [-0.2, 0) is 14.3 Å². The molecule has 1 fully saturated rings. The second-order valence-electron chi connectivity index (χ2n) is 5.47. The van der Waals surface area contributed by atoms with Gasteiger partial charge in [0.15, 0.2) is 5.78 Å². The number of benzene rings is 1. The fourth-order valence-electron chi connectivity index (χ4n) is 2.68. The molecule has 0 spiro atoms. The van der Waals surface area contributed by atoms with Crippen LogP contribution in [-0.4, -0.2) is 49.4 Å². The number of carbonyl (C=O) groups excluding carboxylic acids is 3. The van der Waals surface area contributed by atoms with Crippen LogP contribution >= 0.6 is 0 Å². The van der Waals surface area contributed by atoms with Crippen LogP contribution in [0.5, 0.6) is 5.75 Å². The second-order valence-corrected chi connectivity index (χ2v) is 5.47. The predicted molar refractivity (Wildman–Crippen MR) is 83.4 cm³/mol. The SMILES string of the molecule is CCOC(=O)C1CCN(C(=O)c2ccc(OC)c(C)c2)CC1=O. The monoisotopic (exact) mass is 319 g/mol. The molecular formula is C17H21NO5. The van der Waals surface area contributed by atoms with Crippen molar-refractivity contribution >= 4 is 17.7 Å². The highest BCUT2D eigenvalue weighted by Gasteiger charge is 2.35. The number of nitrogens with zero attached hydrogens (tertiary/aromatic N) is 1. The largest absolute Gasteiger partial charge is 0.496 e. The highest BCUT2D eigenvalue weighted by Crippen LogP contribution is 2.22. The smallest absolute Gasteiger partial charge is 0.316 e. The Morgan fingerprint density at radius 2 is 2.09 bits per heavy atom. The van der Waals surface area contributed by atoms with Crippen molar-refractivity contribution in [3.05, 3.63) is 29.3 Å². The van der Waals surface area contributed by atoms with Gasteiger partial charge < -0.3 is 14.4 Å². The first-order valence-electron chi connectivity index (χ1n) is 7.61. The minimum atomic E-state index is -0.753. The van der Waals surface area contributed by atoms with Crippen molar-refractivity contribution in [1.82, 2.24) is 4.90 Å². The van der Waals surface area contributed by atoms with Crippen LogP contribution in [0.15, 0.2) is 18.2 Å². The van der Waals surface area contributed by atoms with Gasteiger partial charge >= 0.3 is 5.97 Å². The number of aryl methyl sites for hydroxylation is 1. The summed E-state index contributed by atoms with van der Waals surface area (Å²) in [7, 11) is 1.57. The average Bonchev–Trinajstić information content (AvgIpc) is 2.54. The average molecular weight is 319 g/mol. The molecule has 6 nitrogen and oxygen atoms in total. The van der Waals surface area contributed by atoms with Gasteiger partial charge in [0.1, 0.15) is 11.7 Å².